The van der Waals surface area contributed by atoms with Gasteiger partial charge in [0.05, 0.1) is 16.2 Å². The van der Waals surface area contributed by atoms with E-state index in [9.17, 15) is 4.79 Å². The molecule has 2 rings (SSSR count). The van der Waals surface area contributed by atoms with Gasteiger partial charge in [0.15, 0.2) is 0 Å². The fraction of sp³-hybridized carbons (Fsp3) is 0.500. The molecule has 0 radical (unpaired) electrons. The van der Waals surface area contributed by atoms with Crippen LogP contribution in [0.1, 0.15) is 34.2 Å². The van der Waals surface area contributed by atoms with Crippen molar-refractivity contribution >= 4 is 17.2 Å². The van der Waals surface area contributed by atoms with Gasteiger partial charge in [-0.15, -0.1) is 11.3 Å². The van der Waals surface area contributed by atoms with Gasteiger partial charge in [-0.1, -0.05) is 0 Å². The van der Waals surface area contributed by atoms with E-state index in [4.69, 9.17) is 0 Å². The molecular weight excluding hydrogens is 172 g/mol. The number of aromatic nitrogens is 1. The van der Waals surface area contributed by atoms with Crippen LogP contribution in [0.3, 0.4) is 0 Å². The molecule has 12 heavy (non-hydrogen) atoms. The maximum Gasteiger partial charge on any atom is 0.264 e. The second-order valence-electron chi connectivity index (χ2n) is 3.49. The summed E-state index contributed by atoms with van der Waals surface area (Å²) >= 11 is 1.46. The fourth-order valence-electron chi connectivity index (χ4n) is 1.40. The summed E-state index contributed by atoms with van der Waals surface area (Å²) in [4.78, 5) is 16.5. The number of carbonyl (C=O) groups is 1. The Morgan fingerprint density at radius 1 is 1.50 bits per heavy atom. The third-order valence-electron chi connectivity index (χ3n) is 1.96. The Bertz CT molecular complexity index is 354. The molecule has 0 spiro atoms. The number of fused-ring (bicyclic) bond motifs is 1. The Labute approximate surface area is 74.8 Å². The second-order valence-corrected chi connectivity index (χ2v) is 4.69. The molecule has 0 bridgehead atoms. The molecule has 1 N–H and O–H groups in total. The van der Waals surface area contributed by atoms with Crippen molar-refractivity contribution in [2.75, 3.05) is 0 Å². The van der Waals surface area contributed by atoms with Crippen LogP contribution in [-0.4, -0.2) is 10.9 Å². The molecule has 2 heterocycles. The number of rotatable bonds is 0. The maximum absolute atomic E-state index is 11.4. The van der Waals surface area contributed by atoms with Crippen molar-refractivity contribution in [3.8, 4) is 0 Å². The van der Waals surface area contributed by atoms with Crippen LogP contribution in [0.15, 0.2) is 0 Å². The average molecular weight is 182 g/mol. The zero-order chi connectivity index (χ0) is 8.93. The molecule has 1 amide bonds. The van der Waals surface area contributed by atoms with Crippen LogP contribution < -0.4 is 5.32 Å². The number of amides is 1. The lowest BCUT2D eigenvalue weighted by Crippen LogP contribution is -2.33. The quantitative estimate of drug-likeness (QED) is 0.659. The van der Waals surface area contributed by atoms with E-state index >= 15 is 0 Å². The summed E-state index contributed by atoms with van der Waals surface area (Å²) in [5, 5.41) is 3.84. The molecule has 64 valence electrons. The molecule has 1 aromatic heterocycles. The van der Waals surface area contributed by atoms with Gasteiger partial charge in [-0.3, -0.25) is 4.79 Å². The van der Waals surface area contributed by atoms with Gasteiger partial charge in [0, 0.05) is 0 Å². The molecule has 1 aromatic rings. The summed E-state index contributed by atoms with van der Waals surface area (Å²) in [5.41, 5.74) is 0.618. The lowest BCUT2D eigenvalue weighted by Gasteiger charge is -2.16. The minimum absolute atomic E-state index is 0.0144. The lowest BCUT2D eigenvalue weighted by molar-refractivity contribution is 0.0942. The molecule has 1 aliphatic rings. The fourth-order valence-corrected chi connectivity index (χ4v) is 2.38. The van der Waals surface area contributed by atoms with Crippen LogP contribution >= 0.6 is 11.3 Å². The number of thiazole rings is 1. The molecule has 1 aliphatic heterocycles. The SMILES string of the molecule is Cc1nc2c(s1)C(=O)NC2(C)C. The molecule has 0 unspecified atom stereocenters. The topological polar surface area (TPSA) is 42.0 Å². The van der Waals surface area contributed by atoms with Gasteiger partial charge in [0.1, 0.15) is 4.88 Å². The summed E-state index contributed by atoms with van der Waals surface area (Å²) < 4.78 is 0. The highest BCUT2D eigenvalue weighted by molar-refractivity contribution is 7.13. The predicted molar refractivity (Wildman–Crippen MR) is 47.3 cm³/mol. The zero-order valence-corrected chi connectivity index (χ0v) is 8.08. The summed E-state index contributed by atoms with van der Waals surface area (Å²) in [6.07, 6.45) is 0. The summed E-state index contributed by atoms with van der Waals surface area (Å²) in [5.74, 6) is 0.0144. The Balaban J connectivity index is 2.64. The Hall–Kier alpha value is -0.900. The average Bonchev–Trinajstić information content (AvgIpc) is 2.37. The summed E-state index contributed by atoms with van der Waals surface area (Å²) in [6.45, 7) is 5.86. The van der Waals surface area contributed by atoms with Crippen LogP contribution in [0.4, 0.5) is 0 Å². The smallest absolute Gasteiger partial charge is 0.264 e. The van der Waals surface area contributed by atoms with E-state index in [1.54, 1.807) is 0 Å². The first-order valence-corrected chi connectivity index (χ1v) is 4.63. The van der Waals surface area contributed by atoms with Gasteiger partial charge < -0.3 is 5.32 Å². The highest BCUT2D eigenvalue weighted by atomic mass is 32.1. The number of nitrogens with zero attached hydrogens (tertiary/aromatic N) is 1. The van der Waals surface area contributed by atoms with Gasteiger partial charge in [0.25, 0.3) is 5.91 Å². The van der Waals surface area contributed by atoms with Gasteiger partial charge in [-0.05, 0) is 20.8 Å². The van der Waals surface area contributed by atoms with Crippen LogP contribution in [0, 0.1) is 6.92 Å². The lowest BCUT2D eigenvalue weighted by atomic mass is 10.0. The largest absolute Gasteiger partial charge is 0.341 e. The molecule has 0 saturated heterocycles. The van der Waals surface area contributed by atoms with E-state index in [1.807, 2.05) is 20.8 Å². The minimum Gasteiger partial charge on any atom is -0.341 e. The van der Waals surface area contributed by atoms with Crippen LogP contribution in [0.2, 0.25) is 0 Å². The number of aryl methyl sites for hydroxylation is 1. The van der Waals surface area contributed by atoms with Crippen molar-refractivity contribution in [3.63, 3.8) is 0 Å². The van der Waals surface area contributed by atoms with Crippen molar-refractivity contribution in [3.05, 3.63) is 15.6 Å². The van der Waals surface area contributed by atoms with E-state index < -0.39 is 0 Å². The van der Waals surface area contributed by atoms with Gasteiger partial charge >= 0.3 is 0 Å². The van der Waals surface area contributed by atoms with E-state index in [0.717, 1.165) is 15.6 Å². The molecule has 0 aromatic carbocycles. The van der Waals surface area contributed by atoms with Crippen LogP contribution in [0.25, 0.3) is 0 Å². The Morgan fingerprint density at radius 2 is 2.17 bits per heavy atom. The minimum atomic E-state index is -0.281. The predicted octanol–water partition coefficient (Wildman–Crippen LogP) is 1.43. The standard InChI is InChI=1S/C8H10N2OS/c1-4-9-6-5(12-4)7(11)10-8(6,2)3/h1-3H3,(H,10,11). The van der Waals surface area contributed by atoms with Gasteiger partial charge in [-0.2, -0.15) is 0 Å². The van der Waals surface area contributed by atoms with Crippen LogP contribution in [-0.2, 0) is 5.54 Å². The van der Waals surface area contributed by atoms with Crippen molar-refractivity contribution in [2.24, 2.45) is 0 Å². The number of nitrogens with one attached hydrogen (secondary N) is 1. The highest BCUT2D eigenvalue weighted by Crippen LogP contribution is 2.33. The third-order valence-corrected chi connectivity index (χ3v) is 2.93. The molecule has 0 fully saturated rings. The molecule has 0 atom stereocenters. The van der Waals surface area contributed by atoms with Gasteiger partial charge in [0.2, 0.25) is 0 Å². The van der Waals surface area contributed by atoms with E-state index in [2.05, 4.69) is 10.3 Å². The second kappa shape index (κ2) is 2.07. The van der Waals surface area contributed by atoms with Crippen LogP contribution in [0.5, 0.6) is 0 Å². The first kappa shape index (κ1) is 7.73. The normalized spacial score (nSPS) is 19.1. The molecule has 0 saturated carbocycles. The zero-order valence-electron chi connectivity index (χ0n) is 7.26. The summed E-state index contributed by atoms with van der Waals surface area (Å²) in [6, 6.07) is 0. The summed E-state index contributed by atoms with van der Waals surface area (Å²) in [7, 11) is 0. The monoisotopic (exact) mass is 182 g/mol. The third kappa shape index (κ3) is 0.876. The Morgan fingerprint density at radius 3 is 2.75 bits per heavy atom. The maximum atomic E-state index is 11.4. The Kier molecular flexibility index (Phi) is 1.33. The van der Waals surface area contributed by atoms with Gasteiger partial charge in [-0.25, -0.2) is 4.98 Å². The van der Waals surface area contributed by atoms with Crippen molar-refractivity contribution in [2.45, 2.75) is 26.3 Å². The van der Waals surface area contributed by atoms with E-state index in [-0.39, 0.29) is 11.4 Å². The molecule has 3 nitrogen and oxygen atoms in total. The number of hydrogen-bond acceptors (Lipinski definition) is 3. The van der Waals surface area contributed by atoms with E-state index in [1.165, 1.54) is 11.3 Å². The highest BCUT2D eigenvalue weighted by Gasteiger charge is 2.38. The van der Waals surface area contributed by atoms with Crippen molar-refractivity contribution < 1.29 is 4.79 Å². The molecule has 4 heteroatoms. The molecule has 0 aliphatic carbocycles. The van der Waals surface area contributed by atoms with E-state index in [0.29, 0.717) is 0 Å². The number of hydrogen-bond donors (Lipinski definition) is 1. The first-order chi connectivity index (χ1) is 5.50. The first-order valence-electron chi connectivity index (χ1n) is 3.81. The van der Waals surface area contributed by atoms with Crippen molar-refractivity contribution in [1.29, 1.82) is 0 Å². The van der Waals surface area contributed by atoms with Crippen molar-refractivity contribution in [1.82, 2.24) is 10.3 Å². The number of carbonyl (C=O) groups excluding carboxylic acids is 1. The molecular formula is C8H10N2OS.